The molecule has 0 saturated carbocycles. The molecule has 4 rings (SSSR count). The molecule has 3 aliphatic heterocycles. The van der Waals surface area contributed by atoms with E-state index in [2.05, 4.69) is 31.6 Å². The third-order valence-electron chi connectivity index (χ3n) is 12.5. The molecule has 69 heavy (non-hydrogen) atoms. The number of hydrogen-bond donors (Lipinski definition) is 11. The number of amides is 8. The number of carbonyl (C=O) groups is 9. The van der Waals surface area contributed by atoms with Gasteiger partial charge < -0.3 is 74.4 Å². The third-order valence-corrected chi connectivity index (χ3v) is 12.5. The Morgan fingerprint density at radius 3 is 1.78 bits per heavy atom. The van der Waals surface area contributed by atoms with Gasteiger partial charge in [0, 0.05) is 32.6 Å². The van der Waals surface area contributed by atoms with E-state index < -0.39 is 114 Å². The maximum absolute atomic E-state index is 14.5. The molecule has 1 aromatic rings. The molecule has 0 spiro atoms. The number of likely N-dealkylation sites (tertiary alicyclic amines) is 3. The fourth-order valence-electron chi connectivity index (χ4n) is 8.80. The second-order valence-corrected chi connectivity index (χ2v) is 17.8. The minimum atomic E-state index is -1.55. The van der Waals surface area contributed by atoms with Crippen LogP contribution in [0.2, 0.25) is 0 Å². The van der Waals surface area contributed by atoms with Gasteiger partial charge in [0.1, 0.15) is 48.3 Å². The van der Waals surface area contributed by atoms with Gasteiger partial charge in [-0.15, -0.1) is 0 Å². The Labute approximate surface area is 401 Å². The van der Waals surface area contributed by atoms with Gasteiger partial charge in [-0.3, -0.25) is 43.3 Å². The van der Waals surface area contributed by atoms with Crippen LogP contribution < -0.4 is 49.5 Å². The molecule has 0 aliphatic carbocycles. The summed E-state index contributed by atoms with van der Waals surface area (Å²) in [5, 5.41) is 32.7. The molecule has 0 unspecified atom stereocenters. The first-order chi connectivity index (χ1) is 32.9. The first kappa shape index (κ1) is 55.2. The number of carboxylic acids is 1. The lowest BCUT2D eigenvalue weighted by atomic mass is 10.0. The highest BCUT2D eigenvalue weighted by molar-refractivity contribution is 5.98. The topological polar surface area (TPSA) is 380 Å². The van der Waals surface area contributed by atoms with E-state index in [1.165, 1.54) is 28.5 Å². The Bertz CT molecular complexity index is 2000. The minimum Gasteiger partial charge on any atom is -0.480 e. The molecular weight excluding hydrogens is 899 g/mol. The molecule has 0 aromatic heterocycles. The zero-order valence-corrected chi connectivity index (χ0v) is 39.5. The van der Waals surface area contributed by atoms with Crippen molar-refractivity contribution in [2.75, 3.05) is 39.3 Å². The van der Waals surface area contributed by atoms with E-state index in [9.17, 15) is 53.4 Å². The maximum Gasteiger partial charge on any atom is 0.326 e. The van der Waals surface area contributed by atoms with Gasteiger partial charge in [0.05, 0.1) is 12.6 Å². The summed E-state index contributed by atoms with van der Waals surface area (Å²) in [6, 6.07) is -1.56. The maximum atomic E-state index is 14.5. The zero-order valence-electron chi connectivity index (χ0n) is 39.5. The monoisotopic (exact) mass is 970 g/mol. The molecule has 0 radical (unpaired) electrons. The standard InChI is InChI=1S/C45H71N13O11/c1-26(47)41(65)56-21-9-16-33(56)39(63)52-29(14-6-7-19-46)37(61)53-30(15-8-20-50-45(48)49)42(66)58-23-11-18-35(58)43(67)57-22-10-17-34(57)40(64)55-32(25-59)38(62)51-27(2)36(60)54-31(44(68)69)24-28-12-4-3-5-13-28/h3-5,12-13,26-27,29-35,59H,6-11,14-25,46-47H2,1-2H3,(H,51,62)(H,52,63)(H,53,61)(H,54,60)(H,55,64)(H,68,69)(H4,48,49,50)/t26-,27-,29-,30-,31-,32-,33-,34-,35-/m0/s1. The van der Waals surface area contributed by atoms with Crippen LogP contribution in [0, 0.1) is 0 Å². The molecule has 3 aliphatic rings. The van der Waals surface area contributed by atoms with Gasteiger partial charge in [-0.1, -0.05) is 30.3 Å². The normalized spacial score (nSPS) is 20.4. The van der Waals surface area contributed by atoms with Crippen molar-refractivity contribution in [1.82, 2.24) is 41.3 Å². The van der Waals surface area contributed by atoms with Gasteiger partial charge >= 0.3 is 5.97 Å². The highest BCUT2D eigenvalue weighted by atomic mass is 16.4. The quantitative estimate of drug-likeness (QED) is 0.0255. The number of aliphatic hydroxyl groups is 1. The van der Waals surface area contributed by atoms with Crippen LogP contribution in [0.25, 0.3) is 0 Å². The fourth-order valence-corrected chi connectivity index (χ4v) is 8.80. The molecule has 382 valence electrons. The summed E-state index contributed by atoms with van der Waals surface area (Å²) in [7, 11) is 0. The predicted molar refractivity (Wildman–Crippen MR) is 251 cm³/mol. The van der Waals surface area contributed by atoms with Crippen LogP contribution in [0.5, 0.6) is 0 Å². The SMILES string of the molecule is C[C@H](N)C(=O)N1CCC[C@H]1C(=O)N[C@@H](CCCCN)C(=O)N[C@@H](CCCN=C(N)N)C(=O)N1CCC[C@H]1C(=O)N1CCC[C@H]1C(=O)N[C@@H](CO)C(=O)N[C@@H](C)C(=O)N[C@@H](Cc1ccccc1)C(=O)O. The van der Waals surface area contributed by atoms with Crippen LogP contribution in [0.15, 0.2) is 35.3 Å². The molecule has 24 nitrogen and oxygen atoms in total. The number of aliphatic hydroxyl groups excluding tert-OH is 1. The van der Waals surface area contributed by atoms with E-state index >= 15 is 0 Å². The molecule has 3 saturated heterocycles. The van der Waals surface area contributed by atoms with Crippen molar-refractivity contribution in [1.29, 1.82) is 0 Å². The summed E-state index contributed by atoms with van der Waals surface area (Å²) in [5.41, 5.74) is 23.3. The van der Waals surface area contributed by atoms with Crippen molar-refractivity contribution < 1.29 is 53.4 Å². The fraction of sp³-hybridized carbons (Fsp3) is 0.644. The highest BCUT2D eigenvalue weighted by Gasteiger charge is 2.45. The van der Waals surface area contributed by atoms with Crippen LogP contribution in [0.3, 0.4) is 0 Å². The molecule has 1 aromatic carbocycles. The van der Waals surface area contributed by atoms with Crippen LogP contribution in [-0.4, -0.2) is 178 Å². The van der Waals surface area contributed by atoms with Crippen molar-refractivity contribution in [3.8, 4) is 0 Å². The van der Waals surface area contributed by atoms with Crippen molar-refractivity contribution in [3.05, 3.63) is 35.9 Å². The van der Waals surface area contributed by atoms with Gasteiger partial charge in [0.2, 0.25) is 47.3 Å². The van der Waals surface area contributed by atoms with Gasteiger partial charge in [0.15, 0.2) is 5.96 Å². The highest BCUT2D eigenvalue weighted by Crippen LogP contribution is 2.27. The summed E-state index contributed by atoms with van der Waals surface area (Å²) in [6.45, 7) is 3.07. The van der Waals surface area contributed by atoms with Gasteiger partial charge in [-0.25, -0.2) is 4.79 Å². The first-order valence-electron chi connectivity index (χ1n) is 23.7. The number of carbonyl (C=O) groups excluding carboxylic acids is 8. The summed E-state index contributed by atoms with van der Waals surface area (Å²) < 4.78 is 0. The Balaban J connectivity index is 1.44. The average molecular weight is 970 g/mol. The third kappa shape index (κ3) is 15.8. The molecule has 3 fully saturated rings. The predicted octanol–water partition coefficient (Wildman–Crippen LogP) is -3.75. The number of aliphatic imine (C=N–C) groups is 1. The van der Waals surface area contributed by atoms with Crippen molar-refractivity contribution >= 4 is 59.2 Å². The van der Waals surface area contributed by atoms with E-state index in [4.69, 9.17) is 22.9 Å². The minimum absolute atomic E-state index is 0.0164. The molecule has 24 heteroatoms. The second kappa shape index (κ2) is 27.0. The Kier molecular flexibility index (Phi) is 21.6. The average Bonchev–Trinajstić information content (AvgIpc) is 4.13. The van der Waals surface area contributed by atoms with E-state index in [0.717, 1.165) is 0 Å². The lowest BCUT2D eigenvalue weighted by molar-refractivity contribution is -0.148. The van der Waals surface area contributed by atoms with Gasteiger partial charge in [-0.05, 0) is 96.6 Å². The lowest BCUT2D eigenvalue weighted by Gasteiger charge is -2.33. The second-order valence-electron chi connectivity index (χ2n) is 17.8. The summed E-state index contributed by atoms with van der Waals surface area (Å²) in [4.78, 5) is 129. The van der Waals surface area contributed by atoms with Gasteiger partial charge in [-0.2, -0.15) is 0 Å². The largest absolute Gasteiger partial charge is 0.480 e. The molecule has 8 amide bonds. The Morgan fingerprint density at radius 1 is 0.667 bits per heavy atom. The van der Waals surface area contributed by atoms with E-state index in [-0.39, 0.29) is 64.1 Å². The van der Waals surface area contributed by atoms with Crippen molar-refractivity contribution in [2.45, 2.75) is 145 Å². The van der Waals surface area contributed by atoms with Crippen LogP contribution in [0.1, 0.15) is 90.0 Å². The van der Waals surface area contributed by atoms with Gasteiger partial charge in [0.25, 0.3) is 0 Å². The van der Waals surface area contributed by atoms with Crippen LogP contribution in [0.4, 0.5) is 0 Å². The number of benzene rings is 1. The van der Waals surface area contributed by atoms with Crippen molar-refractivity contribution in [3.63, 3.8) is 0 Å². The molecule has 3 heterocycles. The number of guanidine groups is 1. The number of rotatable bonds is 25. The molecule has 9 atom stereocenters. The van der Waals surface area contributed by atoms with Crippen LogP contribution >= 0.6 is 0 Å². The number of hydrogen-bond acceptors (Lipinski definition) is 13. The lowest BCUT2D eigenvalue weighted by Crippen LogP contribution is -2.60. The number of nitrogens with zero attached hydrogens (tertiary/aromatic N) is 4. The molecule has 15 N–H and O–H groups in total. The number of nitrogens with one attached hydrogen (secondary N) is 5. The summed E-state index contributed by atoms with van der Waals surface area (Å²) in [6.07, 6.45) is 3.69. The summed E-state index contributed by atoms with van der Waals surface area (Å²) in [5.74, 6) is -6.66. The van der Waals surface area contributed by atoms with E-state index in [0.29, 0.717) is 57.2 Å². The Hall–Kier alpha value is -6.40. The number of unbranched alkanes of at least 4 members (excludes halogenated alkanes) is 1. The smallest absolute Gasteiger partial charge is 0.326 e. The van der Waals surface area contributed by atoms with E-state index in [1.54, 1.807) is 30.3 Å². The zero-order chi connectivity index (χ0) is 50.8. The number of nitrogens with two attached hydrogens (primary N) is 4. The Morgan fingerprint density at radius 2 is 1.20 bits per heavy atom. The molecular formula is C45H71N13O11. The summed E-state index contributed by atoms with van der Waals surface area (Å²) >= 11 is 0. The van der Waals surface area contributed by atoms with E-state index in [1.807, 2.05) is 0 Å². The van der Waals surface area contributed by atoms with Crippen LogP contribution in [-0.2, 0) is 49.6 Å². The van der Waals surface area contributed by atoms with Crippen molar-refractivity contribution in [2.24, 2.45) is 27.9 Å². The molecule has 0 bridgehead atoms. The number of aliphatic carboxylic acids is 1. The number of carboxylic acid groups (broad SMARTS) is 1. The first-order valence-corrected chi connectivity index (χ1v) is 23.7.